The van der Waals surface area contributed by atoms with Crippen molar-refractivity contribution < 1.29 is 32.2 Å². The van der Waals surface area contributed by atoms with Crippen LogP contribution in [-0.4, -0.2) is 49.8 Å². The molecule has 4 atom stereocenters. The normalized spacial score (nSPS) is 28.7. The van der Waals surface area contributed by atoms with E-state index in [2.05, 4.69) is 20.2 Å². The molecule has 8 nitrogen and oxygen atoms in total. The van der Waals surface area contributed by atoms with Crippen molar-refractivity contribution in [1.29, 1.82) is 0 Å². The fraction of sp³-hybridized carbons (Fsp3) is 0.542. The minimum absolute atomic E-state index is 0.0966. The number of fused-ring (bicyclic) bond motifs is 6. The number of carbonyl (C=O) groups is 1. The first-order valence-corrected chi connectivity index (χ1v) is 12.4. The third kappa shape index (κ3) is 3.52. The minimum Gasteiger partial charge on any atom is -0.472 e. The number of halogens is 3. The zero-order chi connectivity index (χ0) is 25.4. The molecular formula is C24H24F3N4O4Si. The molecule has 189 valence electrons. The number of rotatable bonds is 2. The summed E-state index contributed by atoms with van der Waals surface area (Å²) < 4.78 is 57.2. The van der Waals surface area contributed by atoms with E-state index in [1.54, 1.807) is 4.90 Å². The number of amides is 1. The lowest BCUT2D eigenvalue weighted by Gasteiger charge is -2.45. The highest BCUT2D eigenvalue weighted by atomic mass is 28.1. The van der Waals surface area contributed by atoms with Crippen molar-refractivity contribution in [3.8, 4) is 5.88 Å². The van der Waals surface area contributed by atoms with Crippen LogP contribution in [0.4, 0.5) is 19.0 Å². The van der Waals surface area contributed by atoms with Crippen LogP contribution in [0.5, 0.6) is 5.88 Å². The highest BCUT2D eigenvalue weighted by molar-refractivity contribution is 6.18. The molecule has 2 aromatic rings. The van der Waals surface area contributed by atoms with Crippen LogP contribution < -0.4 is 10.5 Å². The Labute approximate surface area is 208 Å². The number of alkyl halides is 3. The maximum atomic E-state index is 13.6. The van der Waals surface area contributed by atoms with Gasteiger partial charge in [0.05, 0.1) is 52.9 Å². The molecule has 1 amide bonds. The number of hydrogen-bond donors (Lipinski definition) is 1. The number of nitrogen functional groups attached to an aromatic ring is 1. The zero-order valence-corrected chi connectivity index (χ0v) is 20.5. The van der Waals surface area contributed by atoms with Gasteiger partial charge in [0, 0.05) is 24.1 Å². The Balaban J connectivity index is 1.25. The molecule has 36 heavy (non-hydrogen) atoms. The number of ether oxygens (including phenoxy) is 3. The van der Waals surface area contributed by atoms with E-state index < -0.39 is 23.1 Å². The van der Waals surface area contributed by atoms with Gasteiger partial charge in [0.25, 0.3) is 0 Å². The van der Waals surface area contributed by atoms with Crippen LogP contribution in [0.15, 0.2) is 12.1 Å². The zero-order valence-electron chi connectivity index (χ0n) is 19.5. The van der Waals surface area contributed by atoms with Gasteiger partial charge in [-0.3, -0.25) is 4.79 Å². The summed E-state index contributed by atoms with van der Waals surface area (Å²) >= 11 is 0. The Kier molecular flexibility index (Phi) is 5.36. The summed E-state index contributed by atoms with van der Waals surface area (Å²) in [5.41, 5.74) is 9.27. The molecule has 0 aliphatic carbocycles. The number of likely N-dealkylation sites (tertiary alicyclic amines) is 1. The predicted octanol–water partition coefficient (Wildman–Crippen LogP) is 2.91. The summed E-state index contributed by atoms with van der Waals surface area (Å²) in [4.78, 5) is 23.5. The van der Waals surface area contributed by atoms with E-state index in [1.165, 1.54) is 6.07 Å². The van der Waals surface area contributed by atoms with E-state index in [0.717, 1.165) is 28.5 Å². The fourth-order valence-corrected chi connectivity index (χ4v) is 6.48. The first-order valence-electron chi connectivity index (χ1n) is 11.9. The number of carbonyl (C=O) groups excluding carboxylic acids is 1. The van der Waals surface area contributed by atoms with Gasteiger partial charge in [0.2, 0.25) is 11.8 Å². The number of hydrogen-bond acceptors (Lipinski definition) is 7. The first-order chi connectivity index (χ1) is 17.1. The van der Waals surface area contributed by atoms with Crippen LogP contribution in [0, 0.1) is 0 Å². The number of nitrogens with two attached hydrogens (primary N) is 1. The summed E-state index contributed by atoms with van der Waals surface area (Å²) in [6.07, 6.45) is -3.79. The highest BCUT2D eigenvalue weighted by Gasteiger charge is 2.54. The Morgan fingerprint density at radius 2 is 2.06 bits per heavy atom. The molecule has 2 aromatic heterocycles. The number of nitrogens with zero attached hydrogens (tertiary/aromatic N) is 3. The molecule has 1 fully saturated rings. The molecule has 1 saturated heterocycles. The van der Waals surface area contributed by atoms with Gasteiger partial charge in [0.15, 0.2) is 0 Å². The van der Waals surface area contributed by atoms with E-state index in [-0.39, 0.29) is 37.0 Å². The van der Waals surface area contributed by atoms with Crippen LogP contribution in [0.25, 0.3) is 0 Å². The molecule has 2 N–H and O–H groups in total. The smallest absolute Gasteiger partial charge is 0.433 e. The maximum Gasteiger partial charge on any atom is 0.433 e. The Morgan fingerprint density at radius 1 is 1.25 bits per heavy atom. The van der Waals surface area contributed by atoms with E-state index in [0.29, 0.717) is 43.8 Å². The SMILES string of the molecule is C[C@H]1OCc2c3c(nc(N)c21)CO[C@H](CC(=O)N1CCC[C@@H]2Oc4nc(C(F)(F)F)ccc4[C@@]21[Si])C3. The van der Waals surface area contributed by atoms with Gasteiger partial charge in [-0.25, -0.2) is 9.97 Å². The molecule has 3 radical (unpaired) electrons. The van der Waals surface area contributed by atoms with E-state index in [1.807, 2.05) is 6.92 Å². The first kappa shape index (κ1) is 23.7. The molecule has 0 spiro atoms. The lowest BCUT2D eigenvalue weighted by atomic mass is 9.91. The summed E-state index contributed by atoms with van der Waals surface area (Å²) in [6, 6.07) is 2.27. The molecular weight excluding hydrogens is 493 g/mol. The summed E-state index contributed by atoms with van der Waals surface area (Å²) in [6.45, 7) is 3.07. The van der Waals surface area contributed by atoms with E-state index in [9.17, 15) is 18.0 Å². The van der Waals surface area contributed by atoms with Crippen LogP contribution >= 0.6 is 0 Å². The van der Waals surface area contributed by atoms with Gasteiger partial charge >= 0.3 is 6.18 Å². The van der Waals surface area contributed by atoms with Crippen LogP contribution in [0.1, 0.15) is 65.9 Å². The standard InChI is InChI=1S/C24H24F3N4O4Si/c1-11-20-14(9-33-11)13-7-12(34-10-16(13)29-21(20)28)8-19(32)31-6-2-3-18-23(31,36)15-4-5-17(24(25,26)27)30-22(15)35-18/h4-5,11-12,18H,2-3,6-10H2,1H3,(H2,28,29)/t11-,12+,18+,23-/m1/s1. The van der Waals surface area contributed by atoms with Gasteiger partial charge in [-0.1, -0.05) is 0 Å². The summed E-state index contributed by atoms with van der Waals surface area (Å²) in [5, 5.41) is -1.09. The topological polar surface area (TPSA) is 99.8 Å². The Bertz CT molecular complexity index is 1260. The monoisotopic (exact) mass is 517 g/mol. The minimum atomic E-state index is -4.59. The molecule has 0 unspecified atom stereocenters. The van der Waals surface area contributed by atoms with E-state index >= 15 is 0 Å². The van der Waals surface area contributed by atoms with Crippen LogP contribution in [0.2, 0.25) is 0 Å². The van der Waals surface area contributed by atoms with Gasteiger partial charge < -0.3 is 24.8 Å². The highest BCUT2D eigenvalue weighted by Crippen LogP contribution is 2.48. The van der Waals surface area contributed by atoms with E-state index in [4.69, 9.17) is 19.9 Å². The number of pyridine rings is 2. The molecule has 0 saturated carbocycles. The Hall–Kier alpha value is -2.70. The van der Waals surface area contributed by atoms with Gasteiger partial charge in [0.1, 0.15) is 17.6 Å². The quantitative estimate of drug-likeness (QED) is 0.612. The molecule has 0 aromatic carbocycles. The second-order valence-electron chi connectivity index (χ2n) is 9.72. The third-order valence-electron chi connectivity index (χ3n) is 7.60. The van der Waals surface area contributed by atoms with Crippen molar-refractivity contribution >= 4 is 22.0 Å². The van der Waals surface area contributed by atoms with Crippen molar-refractivity contribution in [3.63, 3.8) is 0 Å². The number of piperidine rings is 1. The molecule has 4 aliphatic rings. The fourth-order valence-electron chi connectivity index (χ4n) is 5.85. The van der Waals surface area contributed by atoms with Crippen molar-refractivity contribution in [3.05, 3.63) is 45.8 Å². The molecule has 4 aliphatic heterocycles. The van der Waals surface area contributed by atoms with Crippen LogP contribution in [-0.2, 0) is 45.2 Å². The lowest BCUT2D eigenvalue weighted by Crippen LogP contribution is -2.59. The number of aromatic nitrogens is 2. The van der Waals surface area contributed by atoms with Gasteiger partial charge in [-0.15, -0.1) is 0 Å². The summed E-state index contributed by atoms with van der Waals surface area (Å²) in [5.74, 6) is 0.180. The summed E-state index contributed by atoms with van der Waals surface area (Å²) in [7, 11) is 3.75. The molecule has 6 rings (SSSR count). The van der Waals surface area contributed by atoms with Crippen molar-refractivity contribution in [1.82, 2.24) is 14.9 Å². The second kappa shape index (κ2) is 8.15. The van der Waals surface area contributed by atoms with Gasteiger partial charge in [-0.05, 0) is 43.0 Å². The Morgan fingerprint density at radius 3 is 2.83 bits per heavy atom. The predicted molar refractivity (Wildman–Crippen MR) is 121 cm³/mol. The average Bonchev–Trinajstić information content (AvgIpc) is 3.36. The number of anilines is 1. The molecule has 12 heteroatoms. The van der Waals surface area contributed by atoms with Crippen molar-refractivity contribution in [2.24, 2.45) is 0 Å². The largest absolute Gasteiger partial charge is 0.472 e. The van der Waals surface area contributed by atoms with Crippen molar-refractivity contribution in [2.75, 3.05) is 12.3 Å². The molecule has 0 bridgehead atoms. The lowest BCUT2D eigenvalue weighted by molar-refractivity contribution is -0.143. The second-order valence-corrected chi connectivity index (χ2v) is 10.5. The third-order valence-corrected chi connectivity index (χ3v) is 8.46. The maximum absolute atomic E-state index is 13.6. The van der Waals surface area contributed by atoms with Crippen molar-refractivity contribution in [2.45, 2.75) is 75.5 Å². The van der Waals surface area contributed by atoms with Gasteiger partial charge in [-0.2, -0.15) is 13.2 Å². The van der Waals surface area contributed by atoms with Crippen LogP contribution in [0.3, 0.4) is 0 Å². The average molecular weight is 518 g/mol. The molecule has 6 heterocycles.